The summed E-state index contributed by atoms with van der Waals surface area (Å²) in [6, 6.07) is 14.3. The zero-order valence-electron chi connectivity index (χ0n) is 12.8. The summed E-state index contributed by atoms with van der Waals surface area (Å²) in [5, 5.41) is 6.15. The Morgan fingerprint density at radius 1 is 1.13 bits per heavy atom. The average molecular weight is 335 g/mol. The summed E-state index contributed by atoms with van der Waals surface area (Å²) in [6.45, 7) is 1.32. The minimum absolute atomic E-state index is 0.307. The summed E-state index contributed by atoms with van der Waals surface area (Å²) in [5.41, 5.74) is 1.51. The lowest BCUT2D eigenvalue weighted by Gasteiger charge is -2.10. The largest absolute Gasteiger partial charge is 0.491 e. The first-order chi connectivity index (χ1) is 11.2. The Morgan fingerprint density at radius 2 is 1.96 bits per heavy atom. The normalized spacial score (nSPS) is 10.2. The van der Waals surface area contributed by atoms with Crippen LogP contribution < -0.4 is 15.4 Å². The number of carbonyl (C=O) groups excluding carboxylic acids is 1. The fourth-order valence-corrected chi connectivity index (χ4v) is 2.10. The molecule has 0 saturated carbocycles. The number of anilines is 1. The van der Waals surface area contributed by atoms with E-state index in [1.807, 2.05) is 30.3 Å². The average Bonchev–Trinajstić information content (AvgIpc) is 2.55. The number of ether oxygens (including phenoxy) is 2. The Hall–Kier alpha value is -2.24. The highest BCUT2D eigenvalue weighted by Crippen LogP contribution is 2.17. The van der Waals surface area contributed by atoms with E-state index in [2.05, 4.69) is 10.6 Å². The number of amides is 2. The number of methoxy groups -OCH3 is 1. The molecule has 0 saturated heterocycles. The summed E-state index contributed by atoms with van der Waals surface area (Å²) in [7, 11) is 1.62. The number of halogens is 1. The molecule has 0 aromatic heterocycles. The molecule has 2 aromatic carbocycles. The lowest BCUT2D eigenvalue weighted by molar-refractivity contribution is 0.146. The topological polar surface area (TPSA) is 59.6 Å². The first kappa shape index (κ1) is 17.1. The van der Waals surface area contributed by atoms with Gasteiger partial charge in [0.25, 0.3) is 0 Å². The molecule has 0 spiro atoms. The lowest BCUT2D eigenvalue weighted by Crippen LogP contribution is -2.28. The highest BCUT2D eigenvalue weighted by Gasteiger charge is 2.05. The van der Waals surface area contributed by atoms with Crippen LogP contribution in [0.2, 0.25) is 5.02 Å². The second-order valence-electron chi connectivity index (χ2n) is 4.77. The van der Waals surface area contributed by atoms with Crippen molar-refractivity contribution in [1.82, 2.24) is 5.32 Å². The molecule has 0 aliphatic heterocycles. The van der Waals surface area contributed by atoms with Crippen LogP contribution in [0.1, 0.15) is 5.56 Å². The molecule has 0 heterocycles. The number of hydrogen-bond acceptors (Lipinski definition) is 3. The molecule has 23 heavy (non-hydrogen) atoms. The van der Waals surface area contributed by atoms with E-state index in [0.29, 0.717) is 36.2 Å². The van der Waals surface area contributed by atoms with Gasteiger partial charge in [-0.15, -0.1) is 0 Å². The third kappa shape index (κ3) is 5.81. The van der Waals surface area contributed by atoms with Crippen molar-refractivity contribution in [2.24, 2.45) is 0 Å². The fourth-order valence-electron chi connectivity index (χ4n) is 1.90. The first-order valence-electron chi connectivity index (χ1n) is 7.19. The predicted molar refractivity (Wildman–Crippen MR) is 91.1 cm³/mol. The van der Waals surface area contributed by atoms with Crippen molar-refractivity contribution in [3.8, 4) is 5.75 Å². The highest BCUT2D eigenvalue weighted by molar-refractivity contribution is 6.31. The Labute approximate surface area is 140 Å². The van der Waals surface area contributed by atoms with E-state index in [1.165, 1.54) is 0 Å². The molecular weight excluding hydrogens is 316 g/mol. The van der Waals surface area contributed by atoms with Crippen LogP contribution in [-0.2, 0) is 11.3 Å². The predicted octanol–water partition coefficient (Wildman–Crippen LogP) is 3.69. The van der Waals surface area contributed by atoms with Gasteiger partial charge in [-0.05, 0) is 23.8 Å². The number of hydrogen-bond donors (Lipinski definition) is 2. The Kier molecular flexibility index (Phi) is 6.72. The van der Waals surface area contributed by atoms with Gasteiger partial charge in [0, 0.05) is 30.4 Å². The molecule has 122 valence electrons. The minimum Gasteiger partial charge on any atom is -0.491 e. The highest BCUT2D eigenvalue weighted by atomic mass is 35.5. The van der Waals surface area contributed by atoms with Gasteiger partial charge >= 0.3 is 6.03 Å². The van der Waals surface area contributed by atoms with Gasteiger partial charge < -0.3 is 20.1 Å². The molecular formula is C17H19ClN2O3. The van der Waals surface area contributed by atoms with E-state index >= 15 is 0 Å². The van der Waals surface area contributed by atoms with Crippen LogP contribution >= 0.6 is 11.6 Å². The molecule has 6 heteroatoms. The maximum Gasteiger partial charge on any atom is 0.319 e. The molecule has 0 atom stereocenters. The zero-order chi connectivity index (χ0) is 16.5. The monoisotopic (exact) mass is 334 g/mol. The second-order valence-corrected chi connectivity index (χ2v) is 5.18. The maximum absolute atomic E-state index is 11.9. The summed E-state index contributed by atoms with van der Waals surface area (Å²) < 4.78 is 10.4. The summed E-state index contributed by atoms with van der Waals surface area (Å²) in [4.78, 5) is 11.9. The SMILES string of the molecule is COCCOc1cccc(NC(=O)NCc2ccccc2Cl)c1. The van der Waals surface area contributed by atoms with Crippen molar-refractivity contribution in [2.45, 2.75) is 6.54 Å². The van der Waals surface area contributed by atoms with Crippen molar-refractivity contribution in [1.29, 1.82) is 0 Å². The maximum atomic E-state index is 11.9. The fraction of sp³-hybridized carbons (Fsp3) is 0.235. The lowest BCUT2D eigenvalue weighted by atomic mass is 10.2. The summed E-state index contributed by atoms with van der Waals surface area (Å²) >= 11 is 6.05. The molecule has 0 fully saturated rings. The van der Waals surface area contributed by atoms with Crippen molar-refractivity contribution in [3.05, 3.63) is 59.1 Å². The van der Waals surface area contributed by atoms with Gasteiger partial charge in [0.15, 0.2) is 0 Å². The van der Waals surface area contributed by atoms with Gasteiger partial charge in [-0.1, -0.05) is 35.9 Å². The molecule has 2 aromatic rings. The zero-order valence-corrected chi connectivity index (χ0v) is 13.6. The molecule has 2 amide bonds. The van der Waals surface area contributed by atoms with Gasteiger partial charge in [-0.2, -0.15) is 0 Å². The van der Waals surface area contributed by atoms with Crippen LogP contribution in [0.5, 0.6) is 5.75 Å². The molecule has 2 N–H and O–H groups in total. The quantitative estimate of drug-likeness (QED) is 0.759. The van der Waals surface area contributed by atoms with Crippen LogP contribution in [0.4, 0.5) is 10.5 Å². The molecule has 0 aliphatic rings. The second kappa shape index (κ2) is 9.02. The van der Waals surface area contributed by atoms with Crippen LogP contribution in [0.25, 0.3) is 0 Å². The van der Waals surface area contributed by atoms with E-state index in [1.54, 1.807) is 25.3 Å². The van der Waals surface area contributed by atoms with E-state index in [0.717, 1.165) is 5.56 Å². The standard InChI is InChI=1S/C17H19ClN2O3/c1-22-9-10-23-15-7-4-6-14(11-15)20-17(21)19-12-13-5-2-3-8-16(13)18/h2-8,11H,9-10,12H2,1H3,(H2,19,20,21). The van der Waals surface area contributed by atoms with Crippen molar-refractivity contribution < 1.29 is 14.3 Å². The van der Waals surface area contributed by atoms with Gasteiger partial charge in [-0.3, -0.25) is 0 Å². The molecule has 5 nitrogen and oxygen atoms in total. The molecule has 0 unspecified atom stereocenters. The number of nitrogens with one attached hydrogen (secondary N) is 2. The van der Waals surface area contributed by atoms with Crippen molar-refractivity contribution in [2.75, 3.05) is 25.6 Å². The minimum atomic E-state index is -0.307. The number of urea groups is 1. The van der Waals surface area contributed by atoms with Crippen molar-refractivity contribution >= 4 is 23.3 Å². The molecule has 0 bridgehead atoms. The number of rotatable bonds is 7. The molecule has 2 rings (SSSR count). The van der Waals surface area contributed by atoms with E-state index in [9.17, 15) is 4.79 Å². The Bertz CT molecular complexity index is 649. The van der Waals surface area contributed by atoms with Crippen LogP contribution in [0.15, 0.2) is 48.5 Å². The van der Waals surface area contributed by atoms with Gasteiger partial charge in [0.05, 0.1) is 6.61 Å². The van der Waals surface area contributed by atoms with Gasteiger partial charge in [0.2, 0.25) is 0 Å². The molecule has 0 radical (unpaired) electrons. The third-order valence-electron chi connectivity index (χ3n) is 3.05. The van der Waals surface area contributed by atoms with Crippen LogP contribution in [0, 0.1) is 0 Å². The smallest absolute Gasteiger partial charge is 0.319 e. The summed E-state index contributed by atoms with van der Waals surface area (Å²) in [5.74, 6) is 0.672. The van der Waals surface area contributed by atoms with E-state index < -0.39 is 0 Å². The Balaban J connectivity index is 1.85. The van der Waals surface area contributed by atoms with Gasteiger partial charge in [0.1, 0.15) is 12.4 Å². The van der Waals surface area contributed by atoms with Crippen LogP contribution in [0.3, 0.4) is 0 Å². The third-order valence-corrected chi connectivity index (χ3v) is 3.41. The van der Waals surface area contributed by atoms with Crippen LogP contribution in [-0.4, -0.2) is 26.4 Å². The Morgan fingerprint density at radius 3 is 2.74 bits per heavy atom. The number of benzene rings is 2. The van der Waals surface area contributed by atoms with E-state index in [-0.39, 0.29) is 6.03 Å². The van der Waals surface area contributed by atoms with E-state index in [4.69, 9.17) is 21.1 Å². The van der Waals surface area contributed by atoms with Crippen molar-refractivity contribution in [3.63, 3.8) is 0 Å². The summed E-state index contributed by atoms with van der Waals surface area (Å²) in [6.07, 6.45) is 0. The molecule has 0 aliphatic carbocycles. The first-order valence-corrected chi connectivity index (χ1v) is 7.57. The number of carbonyl (C=O) groups is 1. The van der Waals surface area contributed by atoms with Gasteiger partial charge in [-0.25, -0.2) is 4.79 Å².